The molecule has 8 heteroatoms. The van der Waals surface area contributed by atoms with Crippen LogP contribution in [0, 0.1) is 5.82 Å². The van der Waals surface area contributed by atoms with Crippen molar-refractivity contribution in [3.05, 3.63) is 35.1 Å². The number of hydrogen-bond acceptors (Lipinski definition) is 4. The van der Waals surface area contributed by atoms with Crippen molar-refractivity contribution in [2.75, 3.05) is 32.7 Å². The van der Waals surface area contributed by atoms with Crippen molar-refractivity contribution in [3.8, 4) is 0 Å². The Balaban J connectivity index is 1.63. The largest absolute Gasteiger partial charge is 0.444 e. The third-order valence-electron chi connectivity index (χ3n) is 5.17. The van der Waals surface area contributed by atoms with Crippen LogP contribution in [0.3, 0.4) is 0 Å². The Morgan fingerprint density at radius 1 is 1.14 bits per heavy atom. The minimum atomic E-state index is -0.562. The third-order valence-corrected chi connectivity index (χ3v) is 5.17. The van der Waals surface area contributed by atoms with Gasteiger partial charge < -0.3 is 19.9 Å². The van der Waals surface area contributed by atoms with Gasteiger partial charge in [-0.25, -0.2) is 9.18 Å². The van der Waals surface area contributed by atoms with Gasteiger partial charge >= 0.3 is 6.09 Å². The molecular weight excluding hydrogens is 377 g/mol. The minimum absolute atomic E-state index is 0.0308. The number of piperazine rings is 1. The smallest absolute Gasteiger partial charge is 0.410 e. The highest BCUT2D eigenvalue weighted by molar-refractivity contribution is 5.94. The summed E-state index contributed by atoms with van der Waals surface area (Å²) in [5, 5.41) is 2.75. The van der Waals surface area contributed by atoms with E-state index >= 15 is 0 Å². The summed E-state index contributed by atoms with van der Waals surface area (Å²) in [5.41, 5.74) is 0.319. The predicted octanol–water partition coefficient (Wildman–Crippen LogP) is 2.51. The molecule has 3 rings (SSSR count). The van der Waals surface area contributed by atoms with E-state index in [-0.39, 0.29) is 29.6 Å². The first-order valence-corrected chi connectivity index (χ1v) is 9.97. The molecular formula is C21H28FN3O4. The molecule has 2 heterocycles. The van der Waals surface area contributed by atoms with Crippen molar-refractivity contribution in [2.24, 2.45) is 0 Å². The number of nitrogens with one attached hydrogen (secondary N) is 1. The van der Waals surface area contributed by atoms with Crippen molar-refractivity contribution < 1.29 is 23.5 Å². The monoisotopic (exact) mass is 405 g/mol. The summed E-state index contributed by atoms with van der Waals surface area (Å²) < 4.78 is 19.7. The average Bonchev–Trinajstić information content (AvgIpc) is 2.67. The van der Waals surface area contributed by atoms with Crippen LogP contribution in [0.2, 0.25) is 0 Å². The summed E-state index contributed by atoms with van der Waals surface area (Å²) in [4.78, 5) is 39.7. The van der Waals surface area contributed by atoms with Crippen LogP contribution < -0.4 is 5.32 Å². The Bertz CT molecular complexity index is 788. The van der Waals surface area contributed by atoms with Crippen LogP contribution in [0.15, 0.2) is 18.2 Å². The molecule has 0 spiro atoms. The zero-order valence-corrected chi connectivity index (χ0v) is 17.2. The van der Waals surface area contributed by atoms with Gasteiger partial charge in [-0.05, 0) is 51.0 Å². The number of piperidine rings is 1. The van der Waals surface area contributed by atoms with Gasteiger partial charge in [0, 0.05) is 50.6 Å². The second kappa shape index (κ2) is 8.39. The Labute approximate surface area is 170 Å². The van der Waals surface area contributed by atoms with Crippen LogP contribution in [0.4, 0.5) is 9.18 Å². The molecule has 29 heavy (non-hydrogen) atoms. The molecule has 3 amide bonds. The quantitative estimate of drug-likeness (QED) is 0.820. The molecule has 2 saturated heterocycles. The molecule has 0 aliphatic carbocycles. The minimum Gasteiger partial charge on any atom is -0.444 e. The van der Waals surface area contributed by atoms with Gasteiger partial charge in [-0.2, -0.15) is 0 Å². The number of ether oxygens (including phenoxy) is 1. The van der Waals surface area contributed by atoms with E-state index in [1.165, 1.54) is 12.1 Å². The number of carbonyl (C=O) groups excluding carboxylic acids is 3. The van der Waals surface area contributed by atoms with Crippen molar-refractivity contribution in [1.29, 1.82) is 0 Å². The van der Waals surface area contributed by atoms with E-state index < -0.39 is 5.60 Å². The van der Waals surface area contributed by atoms with Crippen LogP contribution in [-0.4, -0.2) is 66.0 Å². The fraction of sp³-hybridized carbons (Fsp3) is 0.571. The molecule has 158 valence electrons. The van der Waals surface area contributed by atoms with Gasteiger partial charge in [0.2, 0.25) is 5.91 Å². The molecule has 7 nitrogen and oxygen atoms in total. The first kappa shape index (κ1) is 21.1. The van der Waals surface area contributed by atoms with E-state index in [0.29, 0.717) is 56.7 Å². The van der Waals surface area contributed by atoms with Crippen LogP contribution in [0.5, 0.6) is 0 Å². The lowest BCUT2D eigenvalue weighted by Gasteiger charge is -2.35. The van der Waals surface area contributed by atoms with Gasteiger partial charge in [0.1, 0.15) is 11.4 Å². The molecule has 0 aromatic heterocycles. The molecule has 2 aliphatic heterocycles. The number of amides is 3. The highest BCUT2D eigenvalue weighted by Crippen LogP contribution is 2.27. The van der Waals surface area contributed by atoms with E-state index in [9.17, 15) is 18.8 Å². The molecule has 2 fully saturated rings. The maximum Gasteiger partial charge on any atom is 0.410 e. The van der Waals surface area contributed by atoms with E-state index in [2.05, 4.69) is 5.32 Å². The predicted molar refractivity (Wildman–Crippen MR) is 105 cm³/mol. The standard InChI is InChI=1S/C21H28FN3O4/c1-21(2,3)29-20(28)25-10-8-24(9-11-25)19(27)14-4-6-17(22)16(12-14)15-5-7-18(26)23-13-15/h4,6,12,15H,5,7-11,13H2,1-3H3,(H,23,26). The average molecular weight is 405 g/mol. The molecule has 1 aromatic carbocycles. The molecule has 0 radical (unpaired) electrons. The van der Waals surface area contributed by atoms with Crippen LogP contribution in [0.1, 0.15) is 55.5 Å². The lowest BCUT2D eigenvalue weighted by Crippen LogP contribution is -2.51. The fourth-order valence-corrected chi connectivity index (χ4v) is 3.59. The van der Waals surface area contributed by atoms with E-state index in [0.717, 1.165) is 0 Å². The van der Waals surface area contributed by atoms with E-state index in [1.807, 2.05) is 20.8 Å². The van der Waals surface area contributed by atoms with Crippen molar-refractivity contribution in [2.45, 2.75) is 45.1 Å². The topological polar surface area (TPSA) is 79.0 Å². The second-order valence-electron chi connectivity index (χ2n) is 8.54. The molecule has 2 aliphatic rings. The van der Waals surface area contributed by atoms with Gasteiger partial charge in [-0.3, -0.25) is 9.59 Å². The molecule has 0 saturated carbocycles. The Hall–Kier alpha value is -2.64. The summed E-state index contributed by atoms with van der Waals surface area (Å²) in [6.45, 7) is 7.39. The summed E-state index contributed by atoms with van der Waals surface area (Å²) in [6.07, 6.45) is 0.539. The first-order valence-electron chi connectivity index (χ1n) is 9.97. The SMILES string of the molecule is CC(C)(C)OC(=O)N1CCN(C(=O)c2ccc(F)c(C3CCC(=O)NC3)c2)CC1. The number of carbonyl (C=O) groups is 3. The summed E-state index contributed by atoms with van der Waals surface area (Å²) >= 11 is 0. The number of rotatable bonds is 2. The molecule has 1 N–H and O–H groups in total. The third kappa shape index (κ3) is 5.25. The maximum absolute atomic E-state index is 14.3. The summed E-state index contributed by atoms with van der Waals surface area (Å²) in [5.74, 6) is -0.714. The van der Waals surface area contributed by atoms with E-state index in [4.69, 9.17) is 4.74 Å². The normalized spacial score (nSPS) is 20.3. The van der Waals surface area contributed by atoms with Gasteiger partial charge in [0.25, 0.3) is 5.91 Å². The lowest BCUT2D eigenvalue weighted by molar-refractivity contribution is -0.122. The van der Waals surface area contributed by atoms with Crippen molar-refractivity contribution in [3.63, 3.8) is 0 Å². The number of nitrogens with zero attached hydrogens (tertiary/aromatic N) is 2. The van der Waals surface area contributed by atoms with Gasteiger partial charge in [0.15, 0.2) is 0 Å². The Kier molecular flexibility index (Phi) is 6.10. The van der Waals surface area contributed by atoms with Gasteiger partial charge in [-0.15, -0.1) is 0 Å². The summed E-state index contributed by atoms with van der Waals surface area (Å²) in [7, 11) is 0. The van der Waals surface area contributed by atoms with Crippen molar-refractivity contribution >= 4 is 17.9 Å². The number of halogens is 1. The summed E-state index contributed by atoms with van der Waals surface area (Å²) in [6, 6.07) is 4.40. The first-order chi connectivity index (χ1) is 13.6. The Morgan fingerprint density at radius 3 is 2.38 bits per heavy atom. The van der Waals surface area contributed by atoms with Crippen LogP contribution in [0.25, 0.3) is 0 Å². The second-order valence-corrected chi connectivity index (χ2v) is 8.54. The molecule has 0 bridgehead atoms. The zero-order valence-electron chi connectivity index (χ0n) is 17.2. The van der Waals surface area contributed by atoms with Crippen molar-refractivity contribution in [1.82, 2.24) is 15.1 Å². The lowest BCUT2D eigenvalue weighted by atomic mass is 9.90. The van der Waals surface area contributed by atoms with Crippen LogP contribution >= 0.6 is 0 Å². The molecule has 1 unspecified atom stereocenters. The molecule has 1 atom stereocenters. The highest BCUT2D eigenvalue weighted by atomic mass is 19.1. The highest BCUT2D eigenvalue weighted by Gasteiger charge is 2.29. The molecule has 1 aromatic rings. The number of hydrogen-bond donors (Lipinski definition) is 1. The Morgan fingerprint density at radius 2 is 1.79 bits per heavy atom. The fourth-order valence-electron chi connectivity index (χ4n) is 3.59. The van der Waals surface area contributed by atoms with Gasteiger partial charge in [-0.1, -0.05) is 0 Å². The maximum atomic E-state index is 14.3. The van der Waals surface area contributed by atoms with Gasteiger partial charge in [0.05, 0.1) is 0 Å². The van der Waals surface area contributed by atoms with Crippen LogP contribution in [-0.2, 0) is 9.53 Å². The van der Waals surface area contributed by atoms with E-state index in [1.54, 1.807) is 15.9 Å². The zero-order chi connectivity index (χ0) is 21.2. The number of benzene rings is 1.